The summed E-state index contributed by atoms with van der Waals surface area (Å²) in [6.07, 6.45) is 1.57. The Morgan fingerprint density at radius 3 is 2.24 bits per heavy atom. The predicted molar refractivity (Wildman–Crippen MR) is 77.7 cm³/mol. The van der Waals surface area contributed by atoms with Gasteiger partial charge < -0.3 is 10.2 Å². The third kappa shape index (κ3) is 2.72. The number of hydrogen-bond donors (Lipinski definition) is 2. The van der Waals surface area contributed by atoms with Crippen LogP contribution in [0.25, 0.3) is 0 Å². The summed E-state index contributed by atoms with van der Waals surface area (Å²) >= 11 is 3.25. The number of halogens is 2. The van der Waals surface area contributed by atoms with Crippen LogP contribution in [0, 0.1) is 11.2 Å². The SMILES string of the molecule is CC1(C(=O)O)C=C(Br)CC(C(=O)O)(c2ccc(F)cc2)C1. The lowest BCUT2D eigenvalue weighted by molar-refractivity contribution is -0.151. The van der Waals surface area contributed by atoms with E-state index in [4.69, 9.17) is 0 Å². The van der Waals surface area contributed by atoms with Crippen LogP contribution in [0.4, 0.5) is 4.39 Å². The molecule has 1 aromatic carbocycles. The molecule has 2 unspecified atom stereocenters. The fourth-order valence-corrected chi connectivity index (χ4v) is 3.79. The first-order valence-electron chi connectivity index (χ1n) is 6.30. The van der Waals surface area contributed by atoms with Gasteiger partial charge in [-0.3, -0.25) is 9.59 Å². The summed E-state index contributed by atoms with van der Waals surface area (Å²) in [6, 6.07) is 5.17. The van der Waals surface area contributed by atoms with Crippen LogP contribution in [0.15, 0.2) is 34.8 Å². The standard InChI is InChI=1S/C15H14BrFO4/c1-14(12(18)19)6-10(16)7-15(8-14,13(20)21)9-2-4-11(17)5-3-9/h2-6H,7-8H2,1H3,(H,18,19)(H,20,21). The van der Waals surface area contributed by atoms with Crippen LogP contribution in [0.5, 0.6) is 0 Å². The van der Waals surface area contributed by atoms with Crippen molar-refractivity contribution in [2.75, 3.05) is 0 Å². The van der Waals surface area contributed by atoms with Crippen molar-refractivity contribution in [1.82, 2.24) is 0 Å². The van der Waals surface area contributed by atoms with Gasteiger partial charge in [-0.25, -0.2) is 4.39 Å². The van der Waals surface area contributed by atoms with Gasteiger partial charge in [0.25, 0.3) is 0 Å². The van der Waals surface area contributed by atoms with Crippen LogP contribution in [-0.2, 0) is 15.0 Å². The molecule has 4 nitrogen and oxygen atoms in total. The summed E-state index contributed by atoms with van der Waals surface area (Å²) in [4.78, 5) is 23.4. The molecular formula is C15H14BrFO4. The highest BCUT2D eigenvalue weighted by Gasteiger charge is 2.51. The Morgan fingerprint density at radius 2 is 1.76 bits per heavy atom. The molecule has 0 aromatic heterocycles. The van der Waals surface area contributed by atoms with E-state index in [2.05, 4.69) is 15.9 Å². The molecule has 0 aliphatic heterocycles. The van der Waals surface area contributed by atoms with Crippen molar-refractivity contribution in [3.63, 3.8) is 0 Å². The van der Waals surface area contributed by atoms with E-state index in [1.54, 1.807) is 0 Å². The molecule has 0 bridgehead atoms. The van der Waals surface area contributed by atoms with Gasteiger partial charge in [0.15, 0.2) is 0 Å². The molecule has 6 heteroatoms. The van der Waals surface area contributed by atoms with Crippen LogP contribution < -0.4 is 0 Å². The molecule has 112 valence electrons. The summed E-state index contributed by atoms with van der Waals surface area (Å²) in [5.74, 6) is -2.68. The second-order valence-corrected chi connectivity index (χ2v) is 6.58. The van der Waals surface area contributed by atoms with Crippen LogP contribution >= 0.6 is 15.9 Å². The molecule has 0 spiro atoms. The minimum atomic E-state index is -1.39. The van der Waals surface area contributed by atoms with Crippen molar-refractivity contribution in [2.24, 2.45) is 5.41 Å². The Bertz CT molecular complexity index is 625. The quantitative estimate of drug-likeness (QED) is 0.871. The van der Waals surface area contributed by atoms with Gasteiger partial charge in [0.2, 0.25) is 0 Å². The highest BCUT2D eigenvalue weighted by Crippen LogP contribution is 2.48. The van der Waals surface area contributed by atoms with Crippen molar-refractivity contribution in [1.29, 1.82) is 0 Å². The molecule has 1 aliphatic carbocycles. The molecule has 21 heavy (non-hydrogen) atoms. The van der Waals surface area contributed by atoms with Gasteiger partial charge in [-0.1, -0.05) is 34.1 Å². The number of carboxylic acid groups (broad SMARTS) is 2. The second-order valence-electron chi connectivity index (χ2n) is 5.56. The molecule has 0 fully saturated rings. The molecule has 0 heterocycles. The maximum atomic E-state index is 13.1. The molecule has 0 saturated carbocycles. The summed E-state index contributed by atoms with van der Waals surface area (Å²) in [5.41, 5.74) is -2.30. The third-order valence-electron chi connectivity index (χ3n) is 3.91. The Balaban J connectivity index is 2.59. The second kappa shape index (κ2) is 5.26. The van der Waals surface area contributed by atoms with E-state index in [0.717, 1.165) is 0 Å². The Kier molecular flexibility index (Phi) is 3.93. The zero-order chi connectivity index (χ0) is 15.8. The average molecular weight is 357 g/mol. The van der Waals surface area contributed by atoms with E-state index in [9.17, 15) is 24.2 Å². The Morgan fingerprint density at radius 1 is 1.19 bits per heavy atom. The number of allylic oxidation sites excluding steroid dienone is 1. The van der Waals surface area contributed by atoms with Gasteiger partial charge >= 0.3 is 11.9 Å². The number of benzene rings is 1. The van der Waals surface area contributed by atoms with E-state index in [1.165, 1.54) is 37.3 Å². The topological polar surface area (TPSA) is 74.6 Å². The van der Waals surface area contributed by atoms with Crippen LogP contribution in [0.2, 0.25) is 0 Å². The number of aliphatic carboxylic acids is 2. The Labute approximate surface area is 129 Å². The monoisotopic (exact) mass is 356 g/mol. The van der Waals surface area contributed by atoms with E-state index < -0.39 is 28.6 Å². The largest absolute Gasteiger partial charge is 0.481 e. The third-order valence-corrected chi connectivity index (χ3v) is 4.42. The highest BCUT2D eigenvalue weighted by atomic mass is 79.9. The Hall–Kier alpha value is -1.69. The van der Waals surface area contributed by atoms with Crippen molar-refractivity contribution in [3.05, 3.63) is 46.2 Å². The van der Waals surface area contributed by atoms with Crippen molar-refractivity contribution >= 4 is 27.9 Å². The fraction of sp³-hybridized carbons (Fsp3) is 0.333. The zero-order valence-electron chi connectivity index (χ0n) is 11.3. The normalized spacial score (nSPS) is 28.8. The minimum absolute atomic E-state index is 0.0919. The van der Waals surface area contributed by atoms with Gasteiger partial charge in [-0.05, 0) is 41.9 Å². The molecule has 1 aromatic rings. The molecule has 1 aliphatic rings. The van der Waals surface area contributed by atoms with E-state index >= 15 is 0 Å². The van der Waals surface area contributed by atoms with Crippen molar-refractivity contribution < 1.29 is 24.2 Å². The van der Waals surface area contributed by atoms with Gasteiger partial charge in [-0.15, -0.1) is 0 Å². The van der Waals surface area contributed by atoms with Crippen LogP contribution in [0.3, 0.4) is 0 Å². The number of carbonyl (C=O) groups is 2. The zero-order valence-corrected chi connectivity index (χ0v) is 12.9. The molecule has 0 radical (unpaired) electrons. The van der Waals surface area contributed by atoms with Crippen molar-refractivity contribution in [2.45, 2.75) is 25.2 Å². The smallest absolute Gasteiger partial charge is 0.314 e. The molecular weight excluding hydrogens is 343 g/mol. The molecule has 2 atom stereocenters. The summed E-state index contributed by atoms with van der Waals surface area (Å²) in [7, 11) is 0. The fourth-order valence-electron chi connectivity index (χ4n) is 2.81. The van der Waals surface area contributed by atoms with E-state index in [-0.39, 0.29) is 12.8 Å². The van der Waals surface area contributed by atoms with Crippen LogP contribution in [-0.4, -0.2) is 22.2 Å². The van der Waals surface area contributed by atoms with Crippen LogP contribution in [0.1, 0.15) is 25.3 Å². The first kappa shape index (κ1) is 15.7. The lowest BCUT2D eigenvalue weighted by atomic mass is 9.63. The highest BCUT2D eigenvalue weighted by molar-refractivity contribution is 9.11. The molecule has 2 rings (SSSR count). The maximum Gasteiger partial charge on any atom is 0.314 e. The summed E-state index contributed by atoms with van der Waals surface area (Å²) in [5, 5.41) is 19.1. The summed E-state index contributed by atoms with van der Waals surface area (Å²) < 4.78 is 13.6. The van der Waals surface area contributed by atoms with Crippen molar-refractivity contribution in [3.8, 4) is 0 Å². The first-order chi connectivity index (χ1) is 9.69. The maximum absolute atomic E-state index is 13.1. The predicted octanol–water partition coefficient (Wildman–Crippen LogP) is 3.31. The van der Waals surface area contributed by atoms with Gasteiger partial charge in [0.1, 0.15) is 5.82 Å². The van der Waals surface area contributed by atoms with E-state index in [0.29, 0.717) is 10.0 Å². The molecule has 0 saturated heterocycles. The number of hydrogen-bond acceptors (Lipinski definition) is 2. The molecule has 2 N–H and O–H groups in total. The minimum Gasteiger partial charge on any atom is -0.481 e. The molecule has 0 amide bonds. The average Bonchev–Trinajstić information content (AvgIpc) is 2.37. The lowest BCUT2D eigenvalue weighted by Crippen LogP contribution is -2.45. The van der Waals surface area contributed by atoms with E-state index in [1.807, 2.05) is 0 Å². The first-order valence-corrected chi connectivity index (χ1v) is 7.09. The van der Waals surface area contributed by atoms with Gasteiger partial charge in [0.05, 0.1) is 10.8 Å². The van der Waals surface area contributed by atoms with Gasteiger partial charge in [0, 0.05) is 0 Å². The van der Waals surface area contributed by atoms with Gasteiger partial charge in [-0.2, -0.15) is 0 Å². The number of rotatable bonds is 3. The lowest BCUT2D eigenvalue weighted by Gasteiger charge is -2.39. The number of carboxylic acids is 2. The summed E-state index contributed by atoms with van der Waals surface area (Å²) in [6.45, 7) is 1.48.